The average Bonchev–Trinajstić information content (AvgIpc) is 2.48. The molecule has 0 atom stereocenters. The smallest absolute Gasteiger partial charge is 0.236 e. The lowest BCUT2D eigenvalue weighted by Crippen LogP contribution is -1.99. The maximum Gasteiger partial charge on any atom is 0.280 e. The molecule has 6 heteroatoms. The van der Waals surface area contributed by atoms with Crippen LogP contribution in [0.2, 0.25) is 0 Å². The van der Waals surface area contributed by atoms with E-state index in [4.69, 9.17) is 0 Å². The summed E-state index contributed by atoms with van der Waals surface area (Å²) in [7, 11) is 0. The number of hydrogen-bond donors (Lipinski definition) is 0. The second-order valence-electron chi connectivity index (χ2n) is 2.40. The third kappa shape index (κ3) is 1.31. The van der Waals surface area contributed by atoms with Crippen LogP contribution < -0.4 is 0 Å². The van der Waals surface area contributed by atoms with Gasteiger partial charge in [0.15, 0.2) is 5.65 Å². The largest absolute Gasteiger partial charge is 0.280 e. The fraction of sp³-hybridized carbons (Fsp3) is 0.143. The summed E-state index contributed by atoms with van der Waals surface area (Å²) in [5.74, 6) is 0. The number of aromatic nitrogens is 3. The number of halogens is 3. The van der Waals surface area contributed by atoms with Gasteiger partial charge in [0, 0.05) is 6.20 Å². The maximum atomic E-state index is 12.4. The van der Waals surface area contributed by atoms with E-state index in [1.165, 1.54) is 18.5 Å². The van der Waals surface area contributed by atoms with Crippen LogP contribution in [0.15, 0.2) is 22.9 Å². The molecule has 68 valence electrons. The Balaban J connectivity index is 2.77. The summed E-state index contributed by atoms with van der Waals surface area (Å²) in [4.78, 5) is 3.90. The van der Waals surface area contributed by atoms with Gasteiger partial charge in [-0.3, -0.25) is 0 Å². The van der Waals surface area contributed by atoms with Crippen molar-refractivity contribution in [1.29, 1.82) is 0 Å². The van der Waals surface area contributed by atoms with Gasteiger partial charge in [-0.1, -0.05) is 0 Å². The molecule has 0 saturated heterocycles. The van der Waals surface area contributed by atoms with Crippen molar-refractivity contribution in [1.82, 2.24) is 14.6 Å². The van der Waals surface area contributed by atoms with Crippen LogP contribution in [0.5, 0.6) is 0 Å². The van der Waals surface area contributed by atoms with Crippen LogP contribution in [0, 0.1) is 0 Å². The molecule has 0 bridgehead atoms. The molecule has 0 unspecified atom stereocenters. The van der Waals surface area contributed by atoms with Crippen molar-refractivity contribution >= 4 is 21.6 Å². The zero-order valence-electron chi connectivity index (χ0n) is 6.28. The molecular weight excluding hydrogens is 244 g/mol. The number of hydrogen-bond acceptors (Lipinski definition) is 2. The highest BCUT2D eigenvalue weighted by Gasteiger charge is 2.13. The van der Waals surface area contributed by atoms with Crippen LogP contribution in [0.3, 0.4) is 0 Å². The predicted octanol–water partition coefficient (Wildman–Crippen LogP) is 2.43. The highest BCUT2D eigenvalue weighted by molar-refractivity contribution is 9.10. The Kier molecular flexibility index (Phi) is 1.99. The minimum absolute atomic E-state index is 0.157. The number of rotatable bonds is 1. The third-order valence-electron chi connectivity index (χ3n) is 1.61. The van der Waals surface area contributed by atoms with Crippen LogP contribution in [-0.4, -0.2) is 14.6 Å². The van der Waals surface area contributed by atoms with E-state index < -0.39 is 6.43 Å². The van der Waals surface area contributed by atoms with Crippen molar-refractivity contribution in [2.75, 3.05) is 0 Å². The first kappa shape index (κ1) is 8.55. The Bertz CT molecular complexity index is 440. The lowest BCUT2D eigenvalue weighted by molar-refractivity contribution is 0.143. The minimum atomic E-state index is -2.54. The molecule has 2 aromatic rings. The van der Waals surface area contributed by atoms with Crippen molar-refractivity contribution in [2.45, 2.75) is 6.43 Å². The van der Waals surface area contributed by atoms with Gasteiger partial charge in [0.2, 0.25) is 0 Å². The molecule has 0 aliphatic rings. The molecule has 3 nitrogen and oxygen atoms in total. The molecule has 0 radical (unpaired) electrons. The van der Waals surface area contributed by atoms with Gasteiger partial charge < -0.3 is 0 Å². The summed E-state index contributed by atoms with van der Waals surface area (Å²) < 4.78 is 26.5. The Morgan fingerprint density at radius 1 is 1.46 bits per heavy atom. The molecule has 0 fully saturated rings. The zero-order chi connectivity index (χ0) is 9.42. The molecule has 0 spiro atoms. The van der Waals surface area contributed by atoms with Crippen LogP contribution in [-0.2, 0) is 0 Å². The third-order valence-corrected chi connectivity index (χ3v) is 2.17. The van der Waals surface area contributed by atoms with E-state index >= 15 is 0 Å². The van der Waals surface area contributed by atoms with Crippen molar-refractivity contribution in [3.05, 3.63) is 28.6 Å². The quantitative estimate of drug-likeness (QED) is 0.775. The number of fused-ring (bicyclic) bond motifs is 1. The van der Waals surface area contributed by atoms with Crippen molar-refractivity contribution in [3.8, 4) is 0 Å². The van der Waals surface area contributed by atoms with Gasteiger partial charge in [0.1, 0.15) is 5.69 Å². The molecule has 0 aliphatic carbocycles. The lowest BCUT2D eigenvalue weighted by atomic mass is 10.4. The highest BCUT2D eigenvalue weighted by Crippen LogP contribution is 2.22. The van der Waals surface area contributed by atoms with E-state index in [0.717, 1.165) is 4.52 Å². The zero-order valence-corrected chi connectivity index (χ0v) is 7.87. The minimum Gasteiger partial charge on any atom is -0.236 e. The van der Waals surface area contributed by atoms with Gasteiger partial charge in [0.05, 0.1) is 10.7 Å². The van der Waals surface area contributed by atoms with Gasteiger partial charge in [-0.2, -0.15) is 5.10 Å². The summed E-state index contributed by atoms with van der Waals surface area (Å²) in [5, 5.41) is 3.77. The van der Waals surface area contributed by atoms with Crippen LogP contribution in [0.4, 0.5) is 8.78 Å². The van der Waals surface area contributed by atoms with E-state index in [0.29, 0.717) is 10.1 Å². The molecule has 2 rings (SSSR count). The SMILES string of the molecule is FC(F)c1ccnc2c(Br)cnn12. The van der Waals surface area contributed by atoms with E-state index in [1.807, 2.05) is 0 Å². The maximum absolute atomic E-state index is 12.4. The van der Waals surface area contributed by atoms with Crippen LogP contribution in [0.1, 0.15) is 12.1 Å². The molecule has 0 aliphatic heterocycles. The summed E-state index contributed by atoms with van der Waals surface area (Å²) in [6.45, 7) is 0. The van der Waals surface area contributed by atoms with Crippen molar-refractivity contribution in [2.24, 2.45) is 0 Å². The molecule has 0 amide bonds. The van der Waals surface area contributed by atoms with Gasteiger partial charge in [-0.05, 0) is 22.0 Å². The van der Waals surface area contributed by atoms with E-state index in [-0.39, 0.29) is 5.69 Å². The molecular formula is C7H4BrF2N3. The predicted molar refractivity (Wildman–Crippen MR) is 45.6 cm³/mol. The Labute approximate surface area is 80.5 Å². The van der Waals surface area contributed by atoms with Crippen molar-refractivity contribution < 1.29 is 8.78 Å². The number of nitrogens with zero attached hydrogens (tertiary/aromatic N) is 3. The van der Waals surface area contributed by atoms with Gasteiger partial charge in [-0.25, -0.2) is 18.3 Å². The van der Waals surface area contributed by atoms with E-state index in [1.54, 1.807) is 0 Å². The Morgan fingerprint density at radius 2 is 2.23 bits per heavy atom. The summed E-state index contributed by atoms with van der Waals surface area (Å²) in [6, 6.07) is 1.25. The highest BCUT2D eigenvalue weighted by atomic mass is 79.9. The first-order chi connectivity index (χ1) is 6.20. The lowest BCUT2D eigenvalue weighted by Gasteiger charge is -2.01. The monoisotopic (exact) mass is 247 g/mol. The van der Waals surface area contributed by atoms with Crippen LogP contribution >= 0.6 is 15.9 Å². The molecule has 0 N–H and O–H groups in total. The second-order valence-corrected chi connectivity index (χ2v) is 3.25. The standard InChI is InChI=1S/C7H4BrF2N3/c8-4-3-12-13-5(6(9)10)1-2-11-7(4)13/h1-3,6H. The van der Waals surface area contributed by atoms with Crippen molar-refractivity contribution in [3.63, 3.8) is 0 Å². The topological polar surface area (TPSA) is 30.2 Å². The molecule has 0 saturated carbocycles. The van der Waals surface area contributed by atoms with Gasteiger partial charge in [0.25, 0.3) is 6.43 Å². The summed E-state index contributed by atoms with van der Waals surface area (Å²) in [6.07, 6.45) is 0.231. The Hall–Kier alpha value is -1.04. The van der Waals surface area contributed by atoms with E-state index in [9.17, 15) is 8.78 Å². The van der Waals surface area contributed by atoms with Gasteiger partial charge >= 0.3 is 0 Å². The second kappa shape index (κ2) is 3.02. The molecule has 0 aromatic carbocycles. The first-order valence-electron chi connectivity index (χ1n) is 3.46. The first-order valence-corrected chi connectivity index (χ1v) is 4.25. The Morgan fingerprint density at radius 3 is 2.92 bits per heavy atom. The average molecular weight is 248 g/mol. The normalized spacial score (nSPS) is 11.4. The molecule has 2 heterocycles. The van der Waals surface area contributed by atoms with Crippen LogP contribution in [0.25, 0.3) is 5.65 Å². The molecule has 2 aromatic heterocycles. The van der Waals surface area contributed by atoms with E-state index in [2.05, 4.69) is 26.0 Å². The van der Waals surface area contributed by atoms with Gasteiger partial charge in [-0.15, -0.1) is 0 Å². The molecule has 13 heavy (non-hydrogen) atoms. The number of alkyl halides is 2. The fourth-order valence-electron chi connectivity index (χ4n) is 1.05. The summed E-state index contributed by atoms with van der Waals surface area (Å²) in [5.41, 5.74) is 0.244. The summed E-state index contributed by atoms with van der Waals surface area (Å²) >= 11 is 3.16. The fourth-order valence-corrected chi connectivity index (χ4v) is 1.41.